The molecule has 2 aromatic carbocycles. The van der Waals surface area contributed by atoms with Gasteiger partial charge in [0.25, 0.3) is 5.91 Å². The number of carbonyl (C=O) groups excluding carboxylic acids is 1. The monoisotopic (exact) mass is 492 g/mol. The van der Waals surface area contributed by atoms with Crippen LogP contribution in [0.4, 0.5) is 11.5 Å². The van der Waals surface area contributed by atoms with E-state index in [1.165, 1.54) is 4.68 Å². The van der Waals surface area contributed by atoms with Crippen molar-refractivity contribution in [1.29, 1.82) is 0 Å². The summed E-state index contributed by atoms with van der Waals surface area (Å²) < 4.78 is 29.0. The molecule has 12 heteroatoms. The van der Waals surface area contributed by atoms with Crippen molar-refractivity contribution in [2.24, 2.45) is 0 Å². The topological polar surface area (TPSA) is 149 Å². The van der Waals surface area contributed by atoms with Crippen LogP contribution in [-0.2, 0) is 6.54 Å². The number of nitrogens with one attached hydrogen (secondary N) is 1. The zero-order chi connectivity index (χ0) is 25.2. The maximum Gasteiger partial charge on any atom is 0.280 e. The van der Waals surface area contributed by atoms with Gasteiger partial charge in [-0.3, -0.25) is 4.79 Å². The van der Waals surface area contributed by atoms with Crippen LogP contribution in [0.15, 0.2) is 40.8 Å². The molecule has 3 N–H and O–H groups in total. The van der Waals surface area contributed by atoms with E-state index in [9.17, 15) is 4.79 Å². The lowest BCUT2D eigenvalue weighted by Gasteiger charge is -2.18. The van der Waals surface area contributed by atoms with E-state index in [1.54, 1.807) is 57.5 Å². The fourth-order valence-electron chi connectivity index (χ4n) is 3.72. The predicted molar refractivity (Wildman–Crippen MR) is 129 cm³/mol. The number of anilines is 2. The average molecular weight is 492 g/mol. The minimum absolute atomic E-state index is 0.0110. The third-order valence-corrected chi connectivity index (χ3v) is 5.62. The van der Waals surface area contributed by atoms with E-state index < -0.39 is 5.91 Å². The van der Waals surface area contributed by atoms with Crippen molar-refractivity contribution in [1.82, 2.24) is 20.0 Å². The van der Waals surface area contributed by atoms with Crippen molar-refractivity contribution in [3.05, 3.63) is 53.5 Å². The number of nitrogen functional groups attached to an aromatic ring is 1. The number of ether oxygens (including phenoxy) is 4. The van der Waals surface area contributed by atoms with Gasteiger partial charge in [-0.05, 0) is 31.2 Å². The highest BCUT2D eigenvalue weighted by atomic mass is 16.6. The van der Waals surface area contributed by atoms with Crippen LogP contribution in [-0.4, -0.2) is 53.3 Å². The molecule has 0 saturated heterocycles. The van der Waals surface area contributed by atoms with Crippen LogP contribution < -0.4 is 30.0 Å². The SMILES string of the molecule is COc1ccc(-c2nc(Cn3nnc(C(=O)Nc4ccc5c(c4)OCCO5)c3N)c(C)o2)c(OC)c1. The molecule has 0 spiro atoms. The van der Waals surface area contributed by atoms with Crippen LogP contribution >= 0.6 is 0 Å². The van der Waals surface area contributed by atoms with Gasteiger partial charge in [-0.25, -0.2) is 9.67 Å². The Morgan fingerprint density at radius 3 is 2.69 bits per heavy atom. The summed E-state index contributed by atoms with van der Waals surface area (Å²) in [7, 11) is 3.14. The van der Waals surface area contributed by atoms with Gasteiger partial charge in [-0.1, -0.05) is 5.21 Å². The van der Waals surface area contributed by atoms with E-state index in [-0.39, 0.29) is 18.1 Å². The number of methoxy groups -OCH3 is 2. The van der Waals surface area contributed by atoms with Gasteiger partial charge < -0.3 is 34.4 Å². The Balaban J connectivity index is 1.34. The van der Waals surface area contributed by atoms with E-state index in [1.807, 2.05) is 0 Å². The van der Waals surface area contributed by atoms with Crippen molar-refractivity contribution in [2.45, 2.75) is 13.5 Å². The number of amides is 1. The third-order valence-electron chi connectivity index (χ3n) is 5.62. The number of carbonyl (C=O) groups is 1. The van der Waals surface area contributed by atoms with Gasteiger partial charge in [-0.2, -0.15) is 0 Å². The van der Waals surface area contributed by atoms with Gasteiger partial charge in [0.15, 0.2) is 23.0 Å². The minimum Gasteiger partial charge on any atom is -0.497 e. The number of rotatable bonds is 7. The largest absolute Gasteiger partial charge is 0.497 e. The summed E-state index contributed by atoms with van der Waals surface area (Å²) in [6.45, 7) is 2.87. The number of oxazole rings is 1. The van der Waals surface area contributed by atoms with Gasteiger partial charge in [-0.15, -0.1) is 5.10 Å². The number of fused-ring (bicyclic) bond motifs is 1. The Morgan fingerprint density at radius 1 is 1.11 bits per heavy atom. The molecule has 1 aliphatic heterocycles. The summed E-state index contributed by atoms with van der Waals surface area (Å²) in [5.41, 5.74) is 7.96. The van der Waals surface area contributed by atoms with E-state index in [0.717, 1.165) is 0 Å². The van der Waals surface area contributed by atoms with Crippen LogP contribution in [0.3, 0.4) is 0 Å². The molecule has 0 aliphatic carbocycles. The average Bonchev–Trinajstić information content (AvgIpc) is 3.45. The Labute approximate surface area is 205 Å². The molecule has 4 aromatic rings. The molecule has 0 fully saturated rings. The Morgan fingerprint density at radius 2 is 1.92 bits per heavy atom. The lowest BCUT2D eigenvalue weighted by atomic mass is 10.2. The fourth-order valence-corrected chi connectivity index (χ4v) is 3.72. The second kappa shape index (κ2) is 9.49. The molecule has 36 heavy (non-hydrogen) atoms. The van der Waals surface area contributed by atoms with Crippen LogP contribution in [0.2, 0.25) is 0 Å². The van der Waals surface area contributed by atoms with E-state index in [4.69, 9.17) is 29.1 Å². The quantitative estimate of drug-likeness (QED) is 0.394. The maximum absolute atomic E-state index is 12.8. The molecule has 0 bridgehead atoms. The van der Waals surface area contributed by atoms with Crippen molar-refractivity contribution in [3.8, 4) is 34.5 Å². The second-order valence-electron chi connectivity index (χ2n) is 7.88. The van der Waals surface area contributed by atoms with E-state index in [2.05, 4.69) is 20.6 Å². The minimum atomic E-state index is -0.504. The molecule has 1 amide bonds. The van der Waals surface area contributed by atoms with Crippen LogP contribution in [0, 0.1) is 6.92 Å². The first kappa shape index (κ1) is 23.0. The maximum atomic E-state index is 12.8. The number of benzene rings is 2. The van der Waals surface area contributed by atoms with Crippen LogP contribution in [0.5, 0.6) is 23.0 Å². The smallest absolute Gasteiger partial charge is 0.280 e. The van der Waals surface area contributed by atoms with Crippen molar-refractivity contribution in [2.75, 3.05) is 38.5 Å². The zero-order valence-electron chi connectivity index (χ0n) is 19.9. The molecule has 3 heterocycles. The molecule has 0 radical (unpaired) electrons. The Hall–Kier alpha value is -4.74. The lowest BCUT2D eigenvalue weighted by molar-refractivity contribution is 0.102. The summed E-state index contributed by atoms with van der Waals surface area (Å²) in [6.07, 6.45) is 0. The molecule has 0 atom stereocenters. The lowest BCUT2D eigenvalue weighted by Crippen LogP contribution is -2.17. The predicted octanol–water partition coefficient (Wildman–Crippen LogP) is 2.91. The molecule has 12 nitrogen and oxygen atoms in total. The van der Waals surface area contributed by atoms with Crippen molar-refractivity contribution >= 4 is 17.4 Å². The number of aromatic nitrogens is 4. The number of nitrogens with zero attached hydrogens (tertiary/aromatic N) is 4. The summed E-state index contributed by atoms with van der Waals surface area (Å²) >= 11 is 0. The van der Waals surface area contributed by atoms with Gasteiger partial charge in [0.05, 0.1) is 26.3 Å². The molecule has 5 rings (SSSR count). The summed E-state index contributed by atoms with van der Waals surface area (Å²) in [4.78, 5) is 17.4. The normalized spacial score (nSPS) is 12.3. The highest BCUT2D eigenvalue weighted by molar-refractivity contribution is 6.05. The third kappa shape index (κ3) is 4.35. The highest BCUT2D eigenvalue weighted by Crippen LogP contribution is 2.34. The zero-order valence-corrected chi connectivity index (χ0v) is 19.9. The molecule has 1 aliphatic rings. The molecule has 0 saturated carbocycles. The summed E-state index contributed by atoms with van der Waals surface area (Å²) in [5, 5.41) is 10.8. The molecular weight excluding hydrogens is 468 g/mol. The van der Waals surface area contributed by atoms with Crippen molar-refractivity contribution in [3.63, 3.8) is 0 Å². The van der Waals surface area contributed by atoms with Crippen molar-refractivity contribution < 1.29 is 28.2 Å². The van der Waals surface area contributed by atoms with Crippen LogP contribution in [0.25, 0.3) is 11.5 Å². The molecule has 2 aromatic heterocycles. The van der Waals surface area contributed by atoms with Gasteiger partial charge in [0.1, 0.15) is 36.2 Å². The summed E-state index contributed by atoms with van der Waals surface area (Å²) in [6, 6.07) is 10.5. The number of aryl methyl sites for hydroxylation is 1. The number of hydrogen-bond acceptors (Lipinski definition) is 10. The highest BCUT2D eigenvalue weighted by Gasteiger charge is 2.22. The molecule has 186 valence electrons. The first-order chi connectivity index (χ1) is 17.5. The fraction of sp³-hybridized carbons (Fsp3) is 0.250. The van der Waals surface area contributed by atoms with E-state index in [0.29, 0.717) is 64.8 Å². The Bertz CT molecular complexity index is 1430. The van der Waals surface area contributed by atoms with Gasteiger partial charge in [0, 0.05) is 17.8 Å². The second-order valence-corrected chi connectivity index (χ2v) is 7.88. The molecule has 0 unspecified atom stereocenters. The Kier molecular flexibility index (Phi) is 6.07. The number of nitrogens with two attached hydrogens (primary N) is 1. The standard InChI is InChI=1S/C24H24N6O6/c1-13-17(27-24(36-13)16-6-5-15(32-2)11-19(16)33-3)12-30-22(25)21(28-29-30)23(31)26-14-4-7-18-20(10-14)35-9-8-34-18/h4-7,10-11H,8-9,12,25H2,1-3H3,(H,26,31). The first-order valence-electron chi connectivity index (χ1n) is 11.1. The molecular formula is C24H24N6O6. The first-order valence-corrected chi connectivity index (χ1v) is 11.1. The van der Waals surface area contributed by atoms with Gasteiger partial charge in [0.2, 0.25) is 5.89 Å². The number of hydrogen-bond donors (Lipinski definition) is 2. The van der Waals surface area contributed by atoms with Gasteiger partial charge >= 0.3 is 0 Å². The van der Waals surface area contributed by atoms with Crippen LogP contribution in [0.1, 0.15) is 21.9 Å². The summed E-state index contributed by atoms with van der Waals surface area (Å²) in [5.74, 6) is 2.92. The van der Waals surface area contributed by atoms with E-state index >= 15 is 0 Å².